The molecule has 2 saturated heterocycles. The lowest BCUT2D eigenvalue weighted by atomic mass is 10.0. The zero-order chi connectivity index (χ0) is 25.7. The number of aryl methyl sites for hydroxylation is 2. The fourth-order valence-corrected chi connectivity index (χ4v) is 6.13. The third kappa shape index (κ3) is 6.12. The maximum atomic E-state index is 6.53. The first kappa shape index (κ1) is 25.6. The topological polar surface area (TPSA) is 65.6 Å². The van der Waals surface area contributed by atoms with Crippen LogP contribution in [0.5, 0.6) is 0 Å². The molecule has 38 heavy (non-hydrogen) atoms. The molecule has 2 fully saturated rings. The Balaban J connectivity index is 1.15. The molecule has 2 aromatic carbocycles. The molecule has 3 aromatic rings. The van der Waals surface area contributed by atoms with E-state index in [1.54, 1.807) is 6.20 Å². The lowest BCUT2D eigenvalue weighted by Crippen LogP contribution is -2.35. The van der Waals surface area contributed by atoms with Gasteiger partial charge >= 0.3 is 0 Å². The summed E-state index contributed by atoms with van der Waals surface area (Å²) >= 11 is 6.53. The molecular formula is C30H37ClN6O. The van der Waals surface area contributed by atoms with Gasteiger partial charge in [-0.05, 0) is 86.5 Å². The molecule has 1 unspecified atom stereocenters. The Hall–Kier alpha value is -2.71. The van der Waals surface area contributed by atoms with Crippen molar-refractivity contribution in [1.29, 1.82) is 0 Å². The van der Waals surface area contributed by atoms with Crippen molar-refractivity contribution in [3.63, 3.8) is 0 Å². The quantitative estimate of drug-likeness (QED) is 0.373. The van der Waals surface area contributed by atoms with Crippen LogP contribution in [0.1, 0.15) is 42.4 Å². The van der Waals surface area contributed by atoms with Crippen LogP contribution in [0.2, 0.25) is 5.02 Å². The van der Waals surface area contributed by atoms with Gasteiger partial charge in [0.15, 0.2) is 5.82 Å². The Morgan fingerprint density at radius 2 is 1.71 bits per heavy atom. The van der Waals surface area contributed by atoms with Gasteiger partial charge in [-0.15, -0.1) is 0 Å². The average Bonchev–Trinajstić information content (AvgIpc) is 3.40. The standard InChI is InChI=1S/C30H37ClN6O/c31-27-20-32-30(35-29(27)34-28-6-2-1-5-24(28)21-36-15-17-38-18-16-36)33-25-10-7-22-8-11-26(12-9-23(22)19-25)37-13-3-4-14-37/h1-2,5-7,10,19-20,26H,3-4,8-9,11-18,21H2,(H2,32,33,34,35). The number of ether oxygens (including phenoxy) is 1. The molecular weight excluding hydrogens is 496 g/mol. The monoisotopic (exact) mass is 532 g/mol. The highest BCUT2D eigenvalue weighted by molar-refractivity contribution is 6.32. The van der Waals surface area contributed by atoms with E-state index in [4.69, 9.17) is 21.3 Å². The molecule has 2 aliphatic heterocycles. The van der Waals surface area contributed by atoms with Crippen molar-refractivity contribution in [1.82, 2.24) is 19.8 Å². The van der Waals surface area contributed by atoms with Gasteiger partial charge in [-0.3, -0.25) is 4.90 Å². The number of hydrogen-bond donors (Lipinski definition) is 2. The van der Waals surface area contributed by atoms with Gasteiger partial charge in [-0.25, -0.2) is 4.98 Å². The van der Waals surface area contributed by atoms with Gasteiger partial charge in [0, 0.05) is 37.1 Å². The van der Waals surface area contributed by atoms with Crippen LogP contribution in [0.4, 0.5) is 23.1 Å². The summed E-state index contributed by atoms with van der Waals surface area (Å²) in [6, 6.07) is 15.8. The zero-order valence-electron chi connectivity index (χ0n) is 22.0. The number of hydrogen-bond acceptors (Lipinski definition) is 7. The molecule has 1 atom stereocenters. The number of rotatable bonds is 7. The number of fused-ring (bicyclic) bond motifs is 1. The fourth-order valence-electron chi connectivity index (χ4n) is 5.99. The van der Waals surface area contributed by atoms with Gasteiger partial charge in [-0.1, -0.05) is 35.9 Å². The summed E-state index contributed by atoms with van der Waals surface area (Å²) in [5, 5.41) is 7.37. The largest absolute Gasteiger partial charge is 0.379 e. The van der Waals surface area contributed by atoms with Gasteiger partial charge in [0.2, 0.25) is 5.95 Å². The van der Waals surface area contributed by atoms with Gasteiger partial charge in [0.1, 0.15) is 5.02 Å². The molecule has 6 rings (SSSR count). The van der Waals surface area contributed by atoms with E-state index >= 15 is 0 Å². The lowest BCUT2D eigenvalue weighted by molar-refractivity contribution is 0.0343. The maximum absolute atomic E-state index is 6.53. The molecule has 1 aliphatic carbocycles. The second-order valence-corrected chi connectivity index (χ2v) is 11.1. The van der Waals surface area contributed by atoms with Crippen LogP contribution >= 0.6 is 11.6 Å². The summed E-state index contributed by atoms with van der Waals surface area (Å²) in [5.74, 6) is 1.13. The molecule has 3 heterocycles. The number of morpholine rings is 1. The molecule has 8 heteroatoms. The number of nitrogens with one attached hydrogen (secondary N) is 2. The van der Waals surface area contributed by atoms with E-state index in [0.717, 1.165) is 63.1 Å². The Morgan fingerprint density at radius 1 is 0.921 bits per heavy atom. The zero-order valence-corrected chi connectivity index (χ0v) is 22.7. The van der Waals surface area contributed by atoms with Gasteiger partial charge < -0.3 is 20.3 Å². The van der Waals surface area contributed by atoms with Crippen LogP contribution in [0.3, 0.4) is 0 Å². The summed E-state index contributed by atoms with van der Waals surface area (Å²) < 4.78 is 5.50. The second kappa shape index (κ2) is 12.0. The SMILES string of the molecule is Clc1cnc(Nc2ccc3c(c2)CCC(N2CCCC2)CC3)nc1Nc1ccccc1CN1CCOCC1. The Labute approximate surface area is 230 Å². The van der Waals surface area contributed by atoms with Crippen molar-refractivity contribution in [2.75, 3.05) is 50.0 Å². The van der Waals surface area contributed by atoms with Gasteiger partial charge in [-0.2, -0.15) is 4.98 Å². The molecule has 1 aromatic heterocycles. The maximum Gasteiger partial charge on any atom is 0.229 e. The van der Waals surface area contributed by atoms with Crippen LogP contribution < -0.4 is 10.6 Å². The number of aromatic nitrogens is 2. The smallest absolute Gasteiger partial charge is 0.229 e. The van der Waals surface area contributed by atoms with E-state index in [9.17, 15) is 0 Å². The van der Waals surface area contributed by atoms with E-state index in [1.165, 1.54) is 55.5 Å². The van der Waals surface area contributed by atoms with Gasteiger partial charge in [0.05, 0.1) is 19.4 Å². The van der Waals surface area contributed by atoms with Crippen LogP contribution in [0.25, 0.3) is 0 Å². The first-order valence-corrected chi connectivity index (χ1v) is 14.4. The predicted molar refractivity (Wildman–Crippen MR) is 154 cm³/mol. The van der Waals surface area contributed by atoms with Crippen LogP contribution in [-0.4, -0.2) is 65.2 Å². The highest BCUT2D eigenvalue weighted by Crippen LogP contribution is 2.30. The third-order valence-electron chi connectivity index (χ3n) is 8.13. The van der Waals surface area contributed by atoms with Crippen LogP contribution in [-0.2, 0) is 24.1 Å². The second-order valence-electron chi connectivity index (χ2n) is 10.6. The molecule has 200 valence electrons. The van der Waals surface area contributed by atoms with E-state index in [-0.39, 0.29) is 0 Å². The van der Waals surface area contributed by atoms with Crippen molar-refractivity contribution < 1.29 is 4.74 Å². The minimum Gasteiger partial charge on any atom is -0.379 e. The first-order chi connectivity index (χ1) is 18.7. The minimum absolute atomic E-state index is 0.492. The average molecular weight is 533 g/mol. The highest BCUT2D eigenvalue weighted by Gasteiger charge is 2.24. The number of benzene rings is 2. The summed E-state index contributed by atoms with van der Waals surface area (Å²) in [6.45, 7) is 6.85. The van der Waals surface area contributed by atoms with Crippen molar-refractivity contribution in [2.24, 2.45) is 0 Å². The predicted octanol–water partition coefficient (Wildman–Crippen LogP) is 5.79. The van der Waals surface area contributed by atoms with Crippen molar-refractivity contribution in [3.8, 4) is 0 Å². The number of nitrogens with zero attached hydrogens (tertiary/aromatic N) is 4. The highest BCUT2D eigenvalue weighted by atomic mass is 35.5. The van der Waals surface area contributed by atoms with Crippen molar-refractivity contribution >= 4 is 34.7 Å². The van der Waals surface area contributed by atoms with Crippen molar-refractivity contribution in [3.05, 3.63) is 70.4 Å². The fraction of sp³-hybridized carbons (Fsp3) is 0.467. The molecule has 3 aliphatic rings. The number of anilines is 4. The Kier molecular flexibility index (Phi) is 8.07. The van der Waals surface area contributed by atoms with Crippen LogP contribution in [0.15, 0.2) is 48.7 Å². The molecule has 0 radical (unpaired) electrons. The van der Waals surface area contributed by atoms with E-state index in [0.29, 0.717) is 16.8 Å². The summed E-state index contributed by atoms with van der Waals surface area (Å²) in [7, 11) is 0. The van der Waals surface area contributed by atoms with E-state index in [2.05, 4.69) is 61.8 Å². The van der Waals surface area contributed by atoms with E-state index < -0.39 is 0 Å². The van der Waals surface area contributed by atoms with Crippen LogP contribution in [0, 0.1) is 0 Å². The molecule has 0 spiro atoms. The molecule has 2 N–H and O–H groups in total. The van der Waals surface area contributed by atoms with E-state index in [1.807, 2.05) is 6.07 Å². The third-order valence-corrected chi connectivity index (χ3v) is 8.40. The Morgan fingerprint density at radius 3 is 2.55 bits per heavy atom. The molecule has 0 saturated carbocycles. The number of likely N-dealkylation sites (tertiary alicyclic amines) is 1. The number of halogens is 1. The number of para-hydroxylation sites is 1. The van der Waals surface area contributed by atoms with Gasteiger partial charge in [0.25, 0.3) is 0 Å². The molecule has 7 nitrogen and oxygen atoms in total. The van der Waals surface area contributed by atoms with Crippen molar-refractivity contribution in [2.45, 2.75) is 51.1 Å². The lowest BCUT2D eigenvalue weighted by Gasteiger charge is -2.27. The summed E-state index contributed by atoms with van der Waals surface area (Å²) in [4.78, 5) is 14.3. The normalized spacial score (nSPS) is 20.6. The summed E-state index contributed by atoms with van der Waals surface area (Å²) in [6.07, 6.45) is 9.16. The molecule has 0 bridgehead atoms. The first-order valence-electron chi connectivity index (χ1n) is 14.0. The Bertz CT molecular complexity index is 1240. The minimum atomic E-state index is 0.492. The summed E-state index contributed by atoms with van der Waals surface area (Å²) in [5.41, 5.74) is 6.15. The molecule has 0 amide bonds.